The molecule has 0 fully saturated rings. The highest BCUT2D eigenvalue weighted by molar-refractivity contribution is 6.30. The zero-order chi connectivity index (χ0) is 12.4. The van der Waals surface area contributed by atoms with Gasteiger partial charge in [-0.1, -0.05) is 18.5 Å². The Morgan fingerprint density at radius 3 is 2.65 bits per heavy atom. The molecule has 88 valence electrons. The Bertz CT molecular complexity index is 552. The minimum Gasteiger partial charge on any atom is -0.264 e. The third-order valence-electron chi connectivity index (χ3n) is 2.72. The average Bonchev–Trinajstić information content (AvgIpc) is 2.33. The van der Waals surface area contributed by atoms with Gasteiger partial charge in [0.1, 0.15) is 11.0 Å². The van der Waals surface area contributed by atoms with Gasteiger partial charge in [-0.2, -0.15) is 0 Å². The summed E-state index contributed by atoms with van der Waals surface area (Å²) in [4.78, 5) is 12.9. The summed E-state index contributed by atoms with van der Waals surface area (Å²) in [6.07, 6.45) is 4.37. The van der Waals surface area contributed by atoms with Crippen LogP contribution in [0.1, 0.15) is 23.9 Å². The van der Waals surface area contributed by atoms with Crippen molar-refractivity contribution in [3.63, 3.8) is 0 Å². The summed E-state index contributed by atoms with van der Waals surface area (Å²) in [6, 6.07) is 1.96. The maximum Gasteiger partial charge on any atom is 0.136 e. The van der Waals surface area contributed by atoms with Crippen LogP contribution in [0.15, 0.2) is 18.5 Å². The number of nitrogens with zero attached hydrogens (tertiary/aromatic N) is 3. The number of rotatable bonds is 2. The Morgan fingerprint density at radius 2 is 2.00 bits per heavy atom. The molecule has 3 nitrogen and oxygen atoms in total. The maximum atomic E-state index is 6.13. The Balaban J connectivity index is 2.67. The smallest absolute Gasteiger partial charge is 0.136 e. The van der Waals surface area contributed by atoms with Crippen LogP contribution in [-0.4, -0.2) is 15.0 Å². The summed E-state index contributed by atoms with van der Waals surface area (Å²) in [7, 11) is 0. The molecular weight excluding hydrogens is 234 g/mol. The molecule has 0 aromatic carbocycles. The molecule has 17 heavy (non-hydrogen) atoms. The minimum absolute atomic E-state index is 0.531. The largest absolute Gasteiger partial charge is 0.264 e. The van der Waals surface area contributed by atoms with Gasteiger partial charge in [-0.15, -0.1) is 0 Å². The van der Waals surface area contributed by atoms with Crippen molar-refractivity contribution in [1.82, 2.24) is 15.0 Å². The molecule has 2 rings (SSSR count). The van der Waals surface area contributed by atoms with E-state index in [1.807, 2.05) is 33.0 Å². The van der Waals surface area contributed by atoms with Crippen LogP contribution in [0.2, 0.25) is 5.15 Å². The summed E-state index contributed by atoms with van der Waals surface area (Å²) < 4.78 is 0. The number of hydrogen-bond acceptors (Lipinski definition) is 3. The first-order chi connectivity index (χ1) is 8.13. The fraction of sp³-hybridized carbons (Fsp3) is 0.308. The molecule has 0 bridgehead atoms. The molecule has 0 unspecified atom stereocenters. The SMILES string of the molecule is CCc1nc(Cl)c(C)c(-c2ccncc2C)n1. The first-order valence-corrected chi connectivity index (χ1v) is 5.95. The second kappa shape index (κ2) is 4.80. The molecule has 2 aromatic heterocycles. The lowest BCUT2D eigenvalue weighted by Crippen LogP contribution is -2.00. The molecule has 0 N–H and O–H groups in total. The lowest BCUT2D eigenvalue weighted by molar-refractivity contribution is 0.933. The normalized spacial score (nSPS) is 10.6. The zero-order valence-electron chi connectivity index (χ0n) is 10.2. The lowest BCUT2D eigenvalue weighted by Gasteiger charge is -2.10. The van der Waals surface area contributed by atoms with E-state index in [2.05, 4.69) is 15.0 Å². The Morgan fingerprint density at radius 1 is 1.24 bits per heavy atom. The molecule has 0 radical (unpaired) electrons. The summed E-state index contributed by atoms with van der Waals surface area (Å²) in [6.45, 7) is 5.98. The van der Waals surface area contributed by atoms with E-state index in [9.17, 15) is 0 Å². The highest BCUT2D eigenvalue weighted by atomic mass is 35.5. The number of aromatic nitrogens is 3. The lowest BCUT2D eigenvalue weighted by atomic mass is 10.0. The van der Waals surface area contributed by atoms with Crippen molar-refractivity contribution >= 4 is 11.6 Å². The van der Waals surface area contributed by atoms with Crippen molar-refractivity contribution in [2.75, 3.05) is 0 Å². The quantitative estimate of drug-likeness (QED) is 0.764. The van der Waals surface area contributed by atoms with Gasteiger partial charge in [-0.25, -0.2) is 9.97 Å². The number of pyridine rings is 1. The van der Waals surface area contributed by atoms with Gasteiger partial charge in [-0.05, 0) is 25.5 Å². The van der Waals surface area contributed by atoms with Crippen LogP contribution in [0.5, 0.6) is 0 Å². The third kappa shape index (κ3) is 2.29. The Kier molecular flexibility index (Phi) is 3.38. The van der Waals surface area contributed by atoms with Crippen molar-refractivity contribution in [1.29, 1.82) is 0 Å². The number of hydrogen-bond donors (Lipinski definition) is 0. The fourth-order valence-corrected chi connectivity index (χ4v) is 1.88. The minimum atomic E-state index is 0.531. The highest BCUT2D eigenvalue weighted by Crippen LogP contribution is 2.27. The maximum absolute atomic E-state index is 6.13. The van der Waals surface area contributed by atoms with Crippen LogP contribution in [0.25, 0.3) is 11.3 Å². The predicted molar refractivity (Wildman–Crippen MR) is 69.1 cm³/mol. The van der Waals surface area contributed by atoms with Crippen molar-refractivity contribution in [2.24, 2.45) is 0 Å². The molecule has 0 aliphatic heterocycles. The van der Waals surface area contributed by atoms with Crippen molar-refractivity contribution in [2.45, 2.75) is 27.2 Å². The van der Waals surface area contributed by atoms with Gasteiger partial charge in [0, 0.05) is 29.9 Å². The second-order valence-corrected chi connectivity index (χ2v) is 4.31. The van der Waals surface area contributed by atoms with Crippen LogP contribution in [-0.2, 0) is 6.42 Å². The molecule has 0 aliphatic carbocycles. The van der Waals surface area contributed by atoms with Crippen LogP contribution >= 0.6 is 11.6 Å². The van der Waals surface area contributed by atoms with Crippen molar-refractivity contribution in [3.8, 4) is 11.3 Å². The molecular formula is C13H14ClN3. The first-order valence-electron chi connectivity index (χ1n) is 5.57. The molecule has 0 spiro atoms. The molecule has 2 aromatic rings. The Hall–Kier alpha value is -1.48. The van der Waals surface area contributed by atoms with Gasteiger partial charge in [0.25, 0.3) is 0 Å². The van der Waals surface area contributed by atoms with E-state index in [-0.39, 0.29) is 0 Å². The summed E-state index contributed by atoms with van der Waals surface area (Å²) in [5, 5.41) is 0.531. The summed E-state index contributed by atoms with van der Waals surface area (Å²) >= 11 is 6.13. The van der Waals surface area contributed by atoms with Crippen molar-refractivity contribution < 1.29 is 0 Å². The zero-order valence-corrected chi connectivity index (χ0v) is 10.9. The summed E-state index contributed by atoms with van der Waals surface area (Å²) in [5.41, 5.74) is 3.98. The molecule has 4 heteroatoms. The van der Waals surface area contributed by atoms with Gasteiger partial charge < -0.3 is 0 Å². The molecule has 0 saturated carbocycles. The van der Waals surface area contributed by atoms with Gasteiger partial charge in [0.2, 0.25) is 0 Å². The van der Waals surface area contributed by atoms with E-state index in [1.54, 1.807) is 6.20 Å². The molecule has 0 atom stereocenters. The van der Waals surface area contributed by atoms with Gasteiger partial charge in [0.05, 0.1) is 5.69 Å². The van der Waals surface area contributed by atoms with Crippen LogP contribution in [0.3, 0.4) is 0 Å². The summed E-state index contributed by atoms with van der Waals surface area (Å²) in [5.74, 6) is 0.770. The number of aryl methyl sites for hydroxylation is 2. The molecule has 0 amide bonds. The van der Waals surface area contributed by atoms with E-state index < -0.39 is 0 Å². The number of halogens is 1. The van der Waals surface area contributed by atoms with Crippen LogP contribution < -0.4 is 0 Å². The monoisotopic (exact) mass is 247 g/mol. The average molecular weight is 248 g/mol. The van der Waals surface area contributed by atoms with Crippen molar-refractivity contribution in [3.05, 3.63) is 40.6 Å². The standard InChI is InChI=1S/C13H14ClN3/c1-4-11-16-12(9(3)13(14)17-11)10-5-6-15-7-8(10)2/h5-7H,4H2,1-3H3. The first kappa shape index (κ1) is 12.0. The third-order valence-corrected chi connectivity index (χ3v) is 3.09. The topological polar surface area (TPSA) is 38.7 Å². The highest BCUT2D eigenvalue weighted by Gasteiger charge is 2.12. The van der Waals surface area contributed by atoms with E-state index >= 15 is 0 Å². The van der Waals surface area contributed by atoms with Gasteiger partial charge in [0.15, 0.2) is 0 Å². The van der Waals surface area contributed by atoms with Crippen LogP contribution in [0, 0.1) is 13.8 Å². The van der Waals surface area contributed by atoms with Crippen LogP contribution in [0.4, 0.5) is 0 Å². The van der Waals surface area contributed by atoms with E-state index in [0.29, 0.717) is 5.15 Å². The molecule has 0 aliphatic rings. The van der Waals surface area contributed by atoms with E-state index in [1.165, 1.54) is 0 Å². The second-order valence-electron chi connectivity index (χ2n) is 3.95. The van der Waals surface area contributed by atoms with Gasteiger partial charge >= 0.3 is 0 Å². The molecule has 2 heterocycles. The van der Waals surface area contributed by atoms with E-state index in [0.717, 1.165) is 34.6 Å². The van der Waals surface area contributed by atoms with Gasteiger partial charge in [-0.3, -0.25) is 4.98 Å². The van der Waals surface area contributed by atoms with E-state index in [4.69, 9.17) is 11.6 Å². The predicted octanol–water partition coefficient (Wildman–Crippen LogP) is 3.37. The Labute approximate surface area is 106 Å². The fourth-order valence-electron chi connectivity index (χ4n) is 1.69. The molecule has 0 saturated heterocycles.